The first-order chi connectivity index (χ1) is 9.27. The number of hydrogen-bond donors (Lipinski definition) is 0. The van der Waals surface area contributed by atoms with Crippen molar-refractivity contribution in [3.63, 3.8) is 0 Å². The predicted molar refractivity (Wildman–Crippen MR) is 85.6 cm³/mol. The highest BCUT2D eigenvalue weighted by Gasteiger charge is 2.22. The molecule has 0 fully saturated rings. The Kier molecular flexibility index (Phi) is 8.35. The van der Waals surface area contributed by atoms with Crippen molar-refractivity contribution in [3.05, 3.63) is 66.5 Å². The Balaban J connectivity index is 0.000000741. The van der Waals surface area contributed by atoms with Crippen LogP contribution in [0.4, 0.5) is 0 Å². The lowest BCUT2D eigenvalue weighted by atomic mass is 9.89. The zero-order valence-corrected chi connectivity index (χ0v) is 12.9. The van der Waals surface area contributed by atoms with E-state index in [-0.39, 0.29) is 0 Å². The van der Waals surface area contributed by atoms with Gasteiger partial charge in [0.2, 0.25) is 0 Å². The second kappa shape index (κ2) is 9.21. The van der Waals surface area contributed by atoms with Crippen LogP contribution in [0.25, 0.3) is 0 Å². The van der Waals surface area contributed by atoms with Crippen LogP contribution >= 0.6 is 0 Å². The number of fused-ring (bicyclic) bond motifs is 1. The summed E-state index contributed by atoms with van der Waals surface area (Å²) in [6, 6.07) is 8.07. The molecule has 104 valence electrons. The van der Waals surface area contributed by atoms with Crippen LogP contribution in [-0.4, -0.2) is 0 Å². The van der Waals surface area contributed by atoms with E-state index in [9.17, 15) is 0 Å². The Morgan fingerprint density at radius 2 is 1.58 bits per heavy atom. The van der Waals surface area contributed by atoms with E-state index in [2.05, 4.69) is 26.1 Å². The van der Waals surface area contributed by atoms with Gasteiger partial charge in [0.25, 0.3) is 0 Å². The van der Waals surface area contributed by atoms with E-state index >= 15 is 0 Å². The number of benzene rings is 1. The van der Waals surface area contributed by atoms with Gasteiger partial charge in [-0.05, 0) is 12.1 Å². The molecule has 0 saturated carbocycles. The first-order valence-corrected chi connectivity index (χ1v) is 7.03. The Morgan fingerprint density at radius 1 is 1.00 bits per heavy atom. The van der Waals surface area contributed by atoms with Crippen molar-refractivity contribution >= 4 is 0 Å². The number of rotatable bonds is 2. The first-order valence-electron chi connectivity index (χ1n) is 7.03. The number of ether oxygens (including phenoxy) is 1. The number of allylic oxidation sites excluding steroid dienone is 3. The molecule has 2 rings (SSSR count). The summed E-state index contributed by atoms with van der Waals surface area (Å²) in [7, 11) is 0. The van der Waals surface area contributed by atoms with Gasteiger partial charge in [-0.25, -0.2) is 0 Å². The third kappa shape index (κ3) is 3.85. The molecule has 1 heteroatoms. The maximum Gasteiger partial charge on any atom is 0.131 e. The SMILES string of the molecule is C=CC1=C(C=C)C(C)c2ccccc2O1.CC.CC. The molecule has 1 atom stereocenters. The lowest BCUT2D eigenvalue weighted by Gasteiger charge is -2.25. The Morgan fingerprint density at radius 3 is 2.11 bits per heavy atom. The highest BCUT2D eigenvalue weighted by atomic mass is 16.5. The Hall–Kier alpha value is -1.76. The average Bonchev–Trinajstić information content (AvgIpc) is 2.51. The number of para-hydroxylation sites is 1. The van der Waals surface area contributed by atoms with Gasteiger partial charge in [0.1, 0.15) is 11.5 Å². The Bertz CT molecular complexity index is 441. The molecule has 0 aliphatic carbocycles. The minimum Gasteiger partial charge on any atom is -0.457 e. The van der Waals surface area contributed by atoms with Crippen molar-refractivity contribution in [1.29, 1.82) is 0 Å². The van der Waals surface area contributed by atoms with E-state index in [1.807, 2.05) is 52.0 Å². The minimum absolute atomic E-state index is 0.320. The van der Waals surface area contributed by atoms with Crippen LogP contribution in [0.3, 0.4) is 0 Å². The van der Waals surface area contributed by atoms with Crippen LogP contribution in [0.15, 0.2) is 60.9 Å². The fourth-order valence-electron chi connectivity index (χ4n) is 1.93. The van der Waals surface area contributed by atoms with Crippen LogP contribution in [0.1, 0.15) is 46.1 Å². The molecule has 0 N–H and O–H groups in total. The average molecular weight is 258 g/mol. The molecule has 0 bridgehead atoms. The topological polar surface area (TPSA) is 9.23 Å². The second-order valence-corrected chi connectivity index (χ2v) is 3.59. The van der Waals surface area contributed by atoms with Crippen molar-refractivity contribution in [2.75, 3.05) is 0 Å². The second-order valence-electron chi connectivity index (χ2n) is 3.59. The van der Waals surface area contributed by atoms with Gasteiger partial charge in [-0.1, -0.05) is 72.1 Å². The van der Waals surface area contributed by atoms with Crippen molar-refractivity contribution in [3.8, 4) is 5.75 Å². The summed E-state index contributed by atoms with van der Waals surface area (Å²) in [5.41, 5.74) is 2.31. The van der Waals surface area contributed by atoms with Crippen molar-refractivity contribution < 1.29 is 4.74 Å². The smallest absolute Gasteiger partial charge is 0.131 e. The van der Waals surface area contributed by atoms with Crippen molar-refractivity contribution in [1.82, 2.24) is 0 Å². The van der Waals surface area contributed by atoms with Crippen molar-refractivity contribution in [2.24, 2.45) is 0 Å². The quantitative estimate of drug-likeness (QED) is 0.645. The monoisotopic (exact) mass is 258 g/mol. The van der Waals surface area contributed by atoms with Crippen LogP contribution in [0.5, 0.6) is 5.75 Å². The van der Waals surface area contributed by atoms with E-state index in [1.165, 1.54) is 5.56 Å². The molecule has 0 amide bonds. The fourth-order valence-corrected chi connectivity index (χ4v) is 1.93. The van der Waals surface area contributed by atoms with E-state index < -0.39 is 0 Å². The zero-order valence-electron chi connectivity index (χ0n) is 12.9. The molecular formula is C18H26O. The van der Waals surface area contributed by atoms with Crippen LogP contribution < -0.4 is 4.74 Å². The summed E-state index contributed by atoms with van der Waals surface area (Å²) in [5, 5.41) is 0. The van der Waals surface area contributed by atoms with E-state index in [1.54, 1.807) is 6.08 Å². The van der Waals surface area contributed by atoms with E-state index in [4.69, 9.17) is 4.74 Å². The molecule has 19 heavy (non-hydrogen) atoms. The van der Waals surface area contributed by atoms with Gasteiger partial charge >= 0.3 is 0 Å². The Labute approximate surface area is 118 Å². The van der Waals surface area contributed by atoms with Gasteiger partial charge < -0.3 is 4.74 Å². The molecule has 1 nitrogen and oxygen atoms in total. The van der Waals surface area contributed by atoms with Crippen LogP contribution in [0.2, 0.25) is 0 Å². The third-order valence-electron chi connectivity index (χ3n) is 2.76. The van der Waals surface area contributed by atoms with Gasteiger partial charge in [0, 0.05) is 17.1 Å². The minimum atomic E-state index is 0.320. The third-order valence-corrected chi connectivity index (χ3v) is 2.76. The molecule has 1 unspecified atom stereocenters. The summed E-state index contributed by atoms with van der Waals surface area (Å²) in [4.78, 5) is 0. The summed E-state index contributed by atoms with van der Waals surface area (Å²) in [6.45, 7) is 17.7. The molecule has 1 aromatic rings. The maximum atomic E-state index is 5.75. The maximum absolute atomic E-state index is 5.75. The predicted octanol–water partition coefficient (Wildman–Crippen LogP) is 5.86. The first kappa shape index (κ1) is 17.2. The molecule has 0 spiro atoms. The fraction of sp³-hybridized carbons (Fsp3) is 0.333. The van der Waals surface area contributed by atoms with Gasteiger partial charge in [-0.15, -0.1) is 0 Å². The summed E-state index contributed by atoms with van der Waals surface area (Å²) in [5.74, 6) is 2.06. The van der Waals surface area contributed by atoms with E-state index in [0.29, 0.717) is 5.92 Å². The van der Waals surface area contributed by atoms with Gasteiger partial charge in [-0.3, -0.25) is 0 Å². The lowest BCUT2D eigenvalue weighted by Crippen LogP contribution is -2.11. The highest BCUT2D eigenvalue weighted by Crippen LogP contribution is 2.39. The zero-order chi connectivity index (χ0) is 14.8. The largest absolute Gasteiger partial charge is 0.457 e. The molecule has 1 heterocycles. The summed E-state index contributed by atoms with van der Waals surface area (Å²) >= 11 is 0. The normalized spacial score (nSPS) is 15.7. The van der Waals surface area contributed by atoms with Gasteiger partial charge in [0.15, 0.2) is 0 Å². The molecule has 1 aliphatic rings. The van der Waals surface area contributed by atoms with Crippen molar-refractivity contribution in [2.45, 2.75) is 40.5 Å². The number of hydrogen-bond acceptors (Lipinski definition) is 1. The van der Waals surface area contributed by atoms with Gasteiger partial charge in [-0.2, -0.15) is 0 Å². The lowest BCUT2D eigenvalue weighted by molar-refractivity contribution is 0.414. The standard InChI is InChI=1S/C14H14O.2C2H6/c1-4-11-10(3)12-8-6-7-9-14(12)15-13(11)5-2;2*1-2/h4-10H,1-2H2,3H3;2*1-2H3. The van der Waals surface area contributed by atoms with E-state index in [0.717, 1.165) is 17.1 Å². The molecule has 0 saturated heterocycles. The van der Waals surface area contributed by atoms with Gasteiger partial charge in [0.05, 0.1) is 0 Å². The van der Waals surface area contributed by atoms with Crippen LogP contribution in [0, 0.1) is 0 Å². The summed E-state index contributed by atoms with van der Waals surface area (Å²) < 4.78 is 5.75. The molecule has 1 aromatic carbocycles. The molecular weight excluding hydrogens is 232 g/mol. The summed E-state index contributed by atoms with van der Waals surface area (Å²) in [6.07, 6.45) is 3.58. The highest BCUT2D eigenvalue weighted by molar-refractivity contribution is 5.50. The molecule has 0 radical (unpaired) electrons. The van der Waals surface area contributed by atoms with Crippen LogP contribution in [-0.2, 0) is 0 Å². The molecule has 1 aliphatic heterocycles. The molecule has 0 aromatic heterocycles.